The number of nitro groups is 1. The first kappa shape index (κ1) is 18.2. The third kappa shape index (κ3) is 2.73. The number of ether oxygens (including phenoxy) is 2. The van der Waals surface area contributed by atoms with E-state index in [0.717, 1.165) is 17.3 Å². The summed E-state index contributed by atoms with van der Waals surface area (Å²) in [5.74, 6) is 0.0273. The Labute approximate surface area is 154 Å². The van der Waals surface area contributed by atoms with Crippen LogP contribution in [0.4, 0.5) is 11.5 Å². The molecule has 2 aromatic heterocycles. The van der Waals surface area contributed by atoms with Crippen LogP contribution in [0.1, 0.15) is 21.5 Å². The number of rotatable bonds is 4. The largest absolute Gasteiger partial charge is 0.496 e. The van der Waals surface area contributed by atoms with Gasteiger partial charge in [-0.15, -0.1) is 0 Å². The predicted molar refractivity (Wildman–Crippen MR) is 99.5 cm³/mol. The molecule has 0 spiro atoms. The summed E-state index contributed by atoms with van der Waals surface area (Å²) in [6, 6.07) is 4.96. The second-order valence-electron chi connectivity index (χ2n) is 5.97. The lowest BCUT2D eigenvalue weighted by atomic mass is 10.1. The number of anilines is 1. The molecular weight excluding hydrogens is 352 g/mol. The molecule has 0 unspecified atom stereocenters. The minimum atomic E-state index is -0.697. The number of aromatic nitrogens is 2. The lowest BCUT2D eigenvalue weighted by molar-refractivity contribution is -0.385. The molecule has 2 N–H and O–H groups in total. The van der Waals surface area contributed by atoms with E-state index in [4.69, 9.17) is 15.2 Å². The molecule has 0 saturated carbocycles. The molecule has 0 fully saturated rings. The van der Waals surface area contributed by atoms with Crippen LogP contribution >= 0.6 is 0 Å². The lowest BCUT2D eigenvalue weighted by Crippen LogP contribution is -2.09. The van der Waals surface area contributed by atoms with Crippen LogP contribution in [0.5, 0.6) is 5.75 Å². The number of nitrogens with two attached hydrogens (primary N) is 1. The molecule has 9 heteroatoms. The summed E-state index contributed by atoms with van der Waals surface area (Å²) in [5, 5.41) is 11.4. The van der Waals surface area contributed by atoms with Gasteiger partial charge in [0.15, 0.2) is 0 Å². The molecule has 3 aromatic rings. The molecule has 0 aliphatic rings. The molecule has 3 rings (SSSR count). The zero-order valence-corrected chi connectivity index (χ0v) is 15.3. The Morgan fingerprint density at radius 3 is 2.59 bits per heavy atom. The van der Waals surface area contributed by atoms with E-state index in [9.17, 15) is 14.9 Å². The number of carbonyl (C=O) groups is 1. The molecule has 140 valence electrons. The lowest BCUT2D eigenvalue weighted by Gasteiger charge is -2.16. The number of nitrogen functional groups attached to an aromatic ring is 1. The highest BCUT2D eigenvalue weighted by Crippen LogP contribution is 2.37. The van der Waals surface area contributed by atoms with E-state index in [0.29, 0.717) is 17.1 Å². The van der Waals surface area contributed by atoms with Crippen LogP contribution in [0, 0.1) is 24.0 Å². The molecular formula is C18H18N4O5. The van der Waals surface area contributed by atoms with Crippen molar-refractivity contribution in [2.75, 3.05) is 20.0 Å². The van der Waals surface area contributed by atoms with Gasteiger partial charge in [-0.1, -0.05) is 6.07 Å². The van der Waals surface area contributed by atoms with Crippen LogP contribution in [-0.2, 0) is 4.74 Å². The number of carbonyl (C=O) groups excluding carboxylic acids is 1. The van der Waals surface area contributed by atoms with Crippen LogP contribution < -0.4 is 10.5 Å². The molecule has 0 aliphatic heterocycles. The van der Waals surface area contributed by atoms with Crippen molar-refractivity contribution in [1.29, 1.82) is 0 Å². The third-order valence-electron chi connectivity index (χ3n) is 4.46. The average Bonchev–Trinajstić information content (AvgIpc) is 2.93. The minimum Gasteiger partial charge on any atom is -0.496 e. The van der Waals surface area contributed by atoms with Crippen LogP contribution in [0.3, 0.4) is 0 Å². The number of hydrogen-bond acceptors (Lipinski definition) is 7. The molecule has 0 aliphatic carbocycles. The van der Waals surface area contributed by atoms with Crippen molar-refractivity contribution >= 4 is 28.5 Å². The van der Waals surface area contributed by atoms with Crippen molar-refractivity contribution in [2.45, 2.75) is 13.8 Å². The standard InChI is InChI=1S/C18H18N4O5/c1-9-5-6-13(26-3)10(2)15(9)21-16(19)14(18(23)27-4)12-7-11(22(24)25)8-20-17(12)21/h5-8H,19H2,1-4H3. The van der Waals surface area contributed by atoms with Gasteiger partial charge in [0.2, 0.25) is 0 Å². The summed E-state index contributed by atoms with van der Waals surface area (Å²) >= 11 is 0. The fraction of sp³-hybridized carbons (Fsp3) is 0.222. The van der Waals surface area contributed by atoms with E-state index in [1.54, 1.807) is 11.7 Å². The summed E-state index contributed by atoms with van der Waals surface area (Å²) in [6.07, 6.45) is 1.13. The highest BCUT2D eigenvalue weighted by molar-refractivity contribution is 6.09. The number of nitrogens with zero attached hydrogens (tertiary/aromatic N) is 3. The first-order valence-electron chi connectivity index (χ1n) is 7.99. The van der Waals surface area contributed by atoms with Crippen molar-refractivity contribution in [3.63, 3.8) is 0 Å². The highest BCUT2D eigenvalue weighted by Gasteiger charge is 2.27. The first-order valence-corrected chi connectivity index (χ1v) is 7.99. The third-order valence-corrected chi connectivity index (χ3v) is 4.46. The summed E-state index contributed by atoms with van der Waals surface area (Å²) < 4.78 is 11.8. The van der Waals surface area contributed by atoms with Gasteiger partial charge in [0.1, 0.15) is 29.0 Å². The summed E-state index contributed by atoms with van der Waals surface area (Å²) in [6.45, 7) is 3.74. The van der Waals surface area contributed by atoms with E-state index < -0.39 is 10.9 Å². The zero-order chi connectivity index (χ0) is 19.9. The quantitative estimate of drug-likeness (QED) is 0.425. The van der Waals surface area contributed by atoms with Crippen LogP contribution in [0.25, 0.3) is 16.7 Å². The van der Waals surface area contributed by atoms with Gasteiger partial charge in [-0.2, -0.15) is 0 Å². The van der Waals surface area contributed by atoms with E-state index >= 15 is 0 Å². The molecule has 2 heterocycles. The maximum Gasteiger partial charge on any atom is 0.342 e. The van der Waals surface area contributed by atoms with Gasteiger partial charge in [0.25, 0.3) is 5.69 Å². The van der Waals surface area contributed by atoms with Gasteiger partial charge in [0, 0.05) is 17.0 Å². The second-order valence-corrected chi connectivity index (χ2v) is 5.97. The molecule has 0 bridgehead atoms. The van der Waals surface area contributed by atoms with Gasteiger partial charge in [-0.05, 0) is 25.5 Å². The molecule has 27 heavy (non-hydrogen) atoms. The second kappa shape index (κ2) is 6.60. The van der Waals surface area contributed by atoms with Crippen molar-refractivity contribution in [2.24, 2.45) is 0 Å². The topological polar surface area (TPSA) is 123 Å². The predicted octanol–water partition coefficient (Wildman–Crippen LogP) is 2.93. The molecule has 0 saturated heterocycles. The Hall–Kier alpha value is -3.62. The molecule has 1 aromatic carbocycles. The minimum absolute atomic E-state index is 0.0327. The van der Waals surface area contributed by atoms with Crippen molar-refractivity contribution in [1.82, 2.24) is 9.55 Å². The summed E-state index contributed by atoms with van der Waals surface area (Å²) in [5.41, 5.74) is 8.74. The number of pyridine rings is 1. The Morgan fingerprint density at radius 1 is 1.30 bits per heavy atom. The van der Waals surface area contributed by atoms with Gasteiger partial charge in [-0.25, -0.2) is 9.78 Å². The maximum absolute atomic E-state index is 12.3. The van der Waals surface area contributed by atoms with E-state index in [-0.39, 0.29) is 22.5 Å². The fourth-order valence-corrected chi connectivity index (χ4v) is 3.20. The van der Waals surface area contributed by atoms with Crippen molar-refractivity contribution in [3.05, 3.63) is 51.2 Å². The number of benzene rings is 1. The number of fused-ring (bicyclic) bond motifs is 1. The Balaban J connectivity index is 2.47. The Kier molecular flexibility index (Phi) is 4.44. The van der Waals surface area contributed by atoms with Gasteiger partial charge >= 0.3 is 5.97 Å². The molecule has 0 amide bonds. The number of methoxy groups -OCH3 is 2. The summed E-state index contributed by atoms with van der Waals surface area (Å²) in [7, 11) is 2.78. The average molecular weight is 370 g/mol. The molecule has 0 radical (unpaired) electrons. The SMILES string of the molecule is COC(=O)c1c(N)n(-c2c(C)ccc(OC)c2C)c2ncc([N+](=O)[O-])cc12. The number of aryl methyl sites for hydroxylation is 1. The van der Waals surface area contributed by atoms with Gasteiger partial charge in [0.05, 0.1) is 24.8 Å². The zero-order valence-electron chi connectivity index (χ0n) is 15.3. The van der Waals surface area contributed by atoms with Crippen LogP contribution in [-0.4, -0.2) is 34.7 Å². The molecule has 9 nitrogen and oxygen atoms in total. The Morgan fingerprint density at radius 2 is 2.00 bits per heavy atom. The number of hydrogen-bond donors (Lipinski definition) is 1. The smallest absolute Gasteiger partial charge is 0.342 e. The van der Waals surface area contributed by atoms with Crippen LogP contribution in [0.15, 0.2) is 24.4 Å². The fourth-order valence-electron chi connectivity index (χ4n) is 3.20. The normalized spacial score (nSPS) is 10.8. The van der Waals surface area contributed by atoms with E-state index in [1.165, 1.54) is 13.2 Å². The monoisotopic (exact) mass is 370 g/mol. The van der Waals surface area contributed by atoms with Gasteiger partial charge in [-0.3, -0.25) is 14.7 Å². The number of esters is 1. The molecule has 0 atom stereocenters. The van der Waals surface area contributed by atoms with Gasteiger partial charge < -0.3 is 15.2 Å². The summed E-state index contributed by atoms with van der Waals surface area (Å²) in [4.78, 5) is 27.1. The van der Waals surface area contributed by atoms with Crippen LogP contribution in [0.2, 0.25) is 0 Å². The van der Waals surface area contributed by atoms with Crippen molar-refractivity contribution < 1.29 is 19.2 Å². The van der Waals surface area contributed by atoms with Crippen molar-refractivity contribution in [3.8, 4) is 11.4 Å². The van der Waals surface area contributed by atoms with E-state index in [2.05, 4.69) is 4.98 Å². The Bertz CT molecular complexity index is 1090. The first-order chi connectivity index (χ1) is 12.8. The van der Waals surface area contributed by atoms with E-state index in [1.807, 2.05) is 26.0 Å². The highest BCUT2D eigenvalue weighted by atomic mass is 16.6. The maximum atomic E-state index is 12.3.